The van der Waals surface area contributed by atoms with Crippen LogP contribution in [-0.2, 0) is 25.4 Å². The van der Waals surface area contributed by atoms with Crippen molar-refractivity contribution in [2.24, 2.45) is 14.1 Å². The van der Waals surface area contributed by atoms with E-state index in [1.165, 1.54) is 18.3 Å². The van der Waals surface area contributed by atoms with Crippen LogP contribution in [-0.4, -0.2) is 59.8 Å². The third kappa shape index (κ3) is 4.42. The standard InChI is InChI=1S/C27H29ClN6O6/c1-4-33-22-12-17(19(29-23(36)14-35)13-21(22)31(3)26(33)39)24(37)32-9-7-16(8-10-32)34-25(38)18-11-15(28)5-6-20(18)30(2)27(34)40/h5-6,11-13,16,35H,4,7-10,14H2,1-3H3,(H,29,36). The van der Waals surface area contributed by atoms with Gasteiger partial charge in [0.15, 0.2) is 0 Å². The number of hydrogen-bond acceptors (Lipinski definition) is 6. The number of hydrogen-bond donors (Lipinski definition) is 2. The van der Waals surface area contributed by atoms with Crippen molar-refractivity contribution in [2.75, 3.05) is 25.0 Å². The van der Waals surface area contributed by atoms with E-state index in [1.807, 2.05) is 6.92 Å². The Morgan fingerprint density at radius 3 is 2.30 bits per heavy atom. The SMILES string of the molecule is CCn1c(=O)n(C)c2cc(NC(=O)CO)c(C(=O)N3CCC(n4c(=O)c5cc(Cl)ccc5n(C)c4=O)CC3)cc21. The minimum atomic E-state index is -0.771. The van der Waals surface area contributed by atoms with E-state index in [-0.39, 0.29) is 35.9 Å². The van der Waals surface area contributed by atoms with E-state index in [2.05, 4.69) is 5.32 Å². The van der Waals surface area contributed by atoms with E-state index in [0.717, 1.165) is 0 Å². The molecule has 5 rings (SSSR count). The first kappa shape index (κ1) is 27.4. The number of likely N-dealkylation sites (tertiary alicyclic amines) is 1. The predicted molar refractivity (Wildman–Crippen MR) is 151 cm³/mol. The zero-order valence-electron chi connectivity index (χ0n) is 22.3. The first-order valence-corrected chi connectivity index (χ1v) is 13.3. The van der Waals surface area contributed by atoms with Gasteiger partial charge in [0.25, 0.3) is 11.5 Å². The van der Waals surface area contributed by atoms with Crippen molar-refractivity contribution in [2.45, 2.75) is 32.4 Å². The first-order chi connectivity index (χ1) is 19.1. The summed E-state index contributed by atoms with van der Waals surface area (Å²) < 4.78 is 5.62. The second-order valence-corrected chi connectivity index (χ2v) is 10.3. The maximum Gasteiger partial charge on any atom is 0.331 e. The van der Waals surface area contributed by atoms with E-state index < -0.39 is 29.8 Å². The third-order valence-corrected chi connectivity index (χ3v) is 7.86. The van der Waals surface area contributed by atoms with Gasteiger partial charge in [-0.05, 0) is 50.1 Å². The van der Waals surface area contributed by atoms with Crippen LogP contribution in [0.5, 0.6) is 0 Å². The minimum absolute atomic E-state index is 0.175. The molecule has 0 bridgehead atoms. The Bertz CT molecular complexity index is 1860. The van der Waals surface area contributed by atoms with Crippen molar-refractivity contribution < 1.29 is 14.7 Å². The lowest BCUT2D eigenvalue weighted by molar-refractivity contribution is -0.118. The van der Waals surface area contributed by atoms with Crippen LogP contribution in [0.3, 0.4) is 0 Å². The van der Waals surface area contributed by atoms with Crippen LogP contribution in [0, 0.1) is 0 Å². The van der Waals surface area contributed by atoms with Gasteiger partial charge < -0.3 is 15.3 Å². The molecule has 40 heavy (non-hydrogen) atoms. The molecule has 1 saturated heterocycles. The summed E-state index contributed by atoms with van der Waals surface area (Å²) in [6.45, 7) is 1.95. The van der Waals surface area contributed by atoms with Crippen molar-refractivity contribution in [1.29, 1.82) is 0 Å². The van der Waals surface area contributed by atoms with Crippen LogP contribution >= 0.6 is 11.6 Å². The molecule has 2 aromatic carbocycles. The Labute approximate surface area is 232 Å². The molecule has 3 heterocycles. The van der Waals surface area contributed by atoms with E-state index in [4.69, 9.17) is 11.6 Å². The van der Waals surface area contributed by atoms with Gasteiger partial charge in [-0.25, -0.2) is 9.59 Å². The summed E-state index contributed by atoms with van der Waals surface area (Å²) in [6, 6.07) is 7.52. The summed E-state index contributed by atoms with van der Waals surface area (Å²) in [4.78, 5) is 66.5. The maximum absolute atomic E-state index is 13.7. The van der Waals surface area contributed by atoms with Gasteiger partial charge in [0.05, 0.1) is 33.2 Å². The van der Waals surface area contributed by atoms with Gasteiger partial charge in [-0.15, -0.1) is 0 Å². The van der Waals surface area contributed by atoms with Crippen LogP contribution < -0.4 is 22.3 Å². The minimum Gasteiger partial charge on any atom is -0.387 e. The lowest BCUT2D eigenvalue weighted by Crippen LogP contribution is -2.46. The summed E-state index contributed by atoms with van der Waals surface area (Å²) in [7, 11) is 3.21. The molecule has 13 heteroatoms. The van der Waals surface area contributed by atoms with Crippen LogP contribution in [0.1, 0.15) is 36.2 Å². The zero-order chi connectivity index (χ0) is 28.9. The predicted octanol–water partition coefficient (Wildman–Crippen LogP) is 1.43. The number of anilines is 1. The molecule has 0 aliphatic carbocycles. The number of piperidine rings is 1. The Balaban J connectivity index is 1.48. The van der Waals surface area contributed by atoms with E-state index >= 15 is 0 Å². The highest BCUT2D eigenvalue weighted by Gasteiger charge is 2.29. The van der Waals surface area contributed by atoms with Gasteiger partial charge in [-0.2, -0.15) is 0 Å². The Hall–Kier alpha value is -4.16. The molecule has 12 nitrogen and oxygen atoms in total. The molecule has 0 radical (unpaired) electrons. The topological polar surface area (TPSA) is 141 Å². The van der Waals surface area contributed by atoms with Gasteiger partial charge >= 0.3 is 11.4 Å². The number of aryl methyl sites for hydroxylation is 3. The average Bonchev–Trinajstić information content (AvgIpc) is 3.19. The maximum atomic E-state index is 13.7. The molecule has 2 aromatic heterocycles. The van der Waals surface area contributed by atoms with Crippen molar-refractivity contribution in [3.8, 4) is 0 Å². The molecule has 2 amide bonds. The number of rotatable bonds is 5. The van der Waals surface area contributed by atoms with Crippen LogP contribution in [0.15, 0.2) is 44.7 Å². The number of aliphatic hydroxyl groups is 1. The van der Waals surface area contributed by atoms with E-state index in [0.29, 0.717) is 46.3 Å². The number of carbonyl (C=O) groups is 2. The largest absolute Gasteiger partial charge is 0.387 e. The lowest BCUT2D eigenvalue weighted by atomic mass is 10.0. The van der Waals surface area contributed by atoms with Gasteiger partial charge in [-0.1, -0.05) is 11.6 Å². The van der Waals surface area contributed by atoms with Crippen molar-refractivity contribution >= 4 is 51.0 Å². The lowest BCUT2D eigenvalue weighted by Gasteiger charge is -2.33. The summed E-state index contributed by atoms with van der Waals surface area (Å²) in [5.74, 6) is -1.07. The second-order valence-electron chi connectivity index (χ2n) is 9.88. The molecule has 1 aliphatic heterocycles. The number of halogens is 1. The number of fused-ring (bicyclic) bond motifs is 2. The quantitative estimate of drug-likeness (QED) is 0.373. The first-order valence-electron chi connectivity index (χ1n) is 12.9. The van der Waals surface area contributed by atoms with Crippen molar-refractivity contribution in [3.05, 3.63) is 72.2 Å². The van der Waals surface area contributed by atoms with E-state index in [9.17, 15) is 29.1 Å². The fraction of sp³-hybridized carbons (Fsp3) is 0.370. The highest BCUT2D eigenvalue weighted by Crippen LogP contribution is 2.28. The number of nitrogens with one attached hydrogen (secondary N) is 1. The second kappa shape index (κ2) is 10.4. The van der Waals surface area contributed by atoms with Crippen molar-refractivity contribution in [1.82, 2.24) is 23.2 Å². The van der Waals surface area contributed by atoms with E-state index in [1.54, 1.807) is 49.3 Å². The molecule has 4 aromatic rings. The monoisotopic (exact) mass is 568 g/mol. The normalized spacial score (nSPS) is 14.3. The number of aromatic nitrogens is 4. The van der Waals surface area contributed by atoms with Gasteiger partial charge in [-0.3, -0.25) is 32.7 Å². The fourth-order valence-corrected chi connectivity index (χ4v) is 5.67. The molecular weight excluding hydrogens is 540 g/mol. The van der Waals surface area contributed by atoms with Crippen LogP contribution in [0.4, 0.5) is 5.69 Å². The highest BCUT2D eigenvalue weighted by molar-refractivity contribution is 6.31. The van der Waals surface area contributed by atoms with Gasteiger partial charge in [0.1, 0.15) is 6.61 Å². The molecule has 0 saturated carbocycles. The number of aliphatic hydroxyl groups excluding tert-OH is 1. The number of amides is 2. The van der Waals surface area contributed by atoms with Crippen molar-refractivity contribution in [3.63, 3.8) is 0 Å². The summed E-state index contributed by atoms with van der Waals surface area (Å²) >= 11 is 6.11. The number of nitrogens with zero attached hydrogens (tertiary/aromatic N) is 5. The number of carbonyl (C=O) groups excluding carboxylic acids is 2. The van der Waals surface area contributed by atoms with Crippen LogP contribution in [0.2, 0.25) is 5.02 Å². The molecule has 0 unspecified atom stereocenters. The molecular formula is C27H29ClN6O6. The zero-order valence-corrected chi connectivity index (χ0v) is 23.1. The van der Waals surface area contributed by atoms with Gasteiger partial charge in [0.2, 0.25) is 5.91 Å². The molecule has 2 N–H and O–H groups in total. The number of benzene rings is 2. The Morgan fingerprint density at radius 2 is 1.65 bits per heavy atom. The summed E-state index contributed by atoms with van der Waals surface area (Å²) in [5, 5.41) is 12.6. The molecule has 0 atom stereocenters. The van der Waals surface area contributed by atoms with Gasteiger partial charge in [0, 0.05) is 44.8 Å². The Kier molecular flexibility index (Phi) is 7.15. The number of imidazole rings is 1. The summed E-state index contributed by atoms with van der Waals surface area (Å²) in [5.41, 5.74) is 0.792. The fourth-order valence-electron chi connectivity index (χ4n) is 5.50. The molecule has 210 valence electrons. The third-order valence-electron chi connectivity index (χ3n) is 7.63. The molecule has 1 aliphatic rings. The summed E-state index contributed by atoms with van der Waals surface area (Å²) in [6.07, 6.45) is 0.719. The highest BCUT2D eigenvalue weighted by atomic mass is 35.5. The Morgan fingerprint density at radius 1 is 0.975 bits per heavy atom. The smallest absolute Gasteiger partial charge is 0.331 e. The average molecular weight is 569 g/mol. The van der Waals surface area contributed by atoms with Crippen LogP contribution in [0.25, 0.3) is 21.9 Å². The molecule has 1 fully saturated rings. The molecule has 0 spiro atoms.